The van der Waals surface area contributed by atoms with Gasteiger partial charge in [0.15, 0.2) is 0 Å². The van der Waals surface area contributed by atoms with Crippen LogP contribution in [0.5, 0.6) is 0 Å². The van der Waals surface area contributed by atoms with E-state index in [0.29, 0.717) is 18.5 Å². The molecule has 0 aliphatic heterocycles. The second-order valence-corrected chi connectivity index (χ2v) is 10.8. The number of carbonyl (C=O) groups excluding carboxylic acids is 2. The van der Waals surface area contributed by atoms with Crippen LogP contribution >= 0.6 is 0 Å². The number of unbranched alkanes of at least 4 members (excludes halogenated alkanes) is 17. The van der Waals surface area contributed by atoms with Gasteiger partial charge in [0, 0.05) is 31.8 Å². The van der Waals surface area contributed by atoms with E-state index in [-0.39, 0.29) is 19.2 Å². The molecule has 7 heteroatoms. The van der Waals surface area contributed by atoms with Crippen molar-refractivity contribution in [2.24, 2.45) is 0 Å². The molecule has 0 saturated carbocycles. The number of nitrogens with zero attached hydrogens (tertiary/aromatic N) is 1. The van der Waals surface area contributed by atoms with Gasteiger partial charge >= 0.3 is 12.1 Å². The number of nitrogens with one attached hydrogen (secondary N) is 2. The van der Waals surface area contributed by atoms with E-state index in [1.807, 2.05) is 6.20 Å². The summed E-state index contributed by atoms with van der Waals surface area (Å²) in [6.45, 7) is 6.86. The molecule has 0 bridgehead atoms. The molecule has 1 aromatic rings. The maximum Gasteiger partial charge on any atom is 0.407 e. The molecule has 2 N–H and O–H groups in total. The van der Waals surface area contributed by atoms with E-state index in [4.69, 9.17) is 9.47 Å². The zero-order valence-electron chi connectivity index (χ0n) is 24.9. The highest BCUT2D eigenvalue weighted by molar-refractivity contribution is 5.69. The molecule has 0 fully saturated rings. The number of hydrogen-bond acceptors (Lipinski definition) is 5. The standard InChI is InChI=1S/C32H57N3O4/c1-3-4-5-6-7-8-9-10-11-12-13-14-15-16-17-21-24-35-32(37)39-28-29(2)27-38-31(36)23-20-18-19-22-30-33-25-26-34-30/h25-26H,2-24,27-28H2,1H3,(H,33,34)(H,35,37). The molecule has 1 aromatic heterocycles. The predicted molar refractivity (Wildman–Crippen MR) is 160 cm³/mol. The molecule has 0 aliphatic carbocycles. The minimum atomic E-state index is -0.444. The second-order valence-electron chi connectivity index (χ2n) is 10.8. The van der Waals surface area contributed by atoms with Crippen molar-refractivity contribution in [1.82, 2.24) is 15.3 Å². The zero-order valence-corrected chi connectivity index (χ0v) is 24.9. The molecular formula is C32H57N3O4. The van der Waals surface area contributed by atoms with E-state index in [9.17, 15) is 9.59 Å². The van der Waals surface area contributed by atoms with Gasteiger partial charge in [0.25, 0.3) is 0 Å². The first-order valence-corrected chi connectivity index (χ1v) is 15.8. The number of rotatable bonds is 27. The third-order valence-electron chi connectivity index (χ3n) is 6.99. The lowest BCUT2D eigenvalue weighted by atomic mass is 10.0. The van der Waals surface area contributed by atoms with E-state index in [0.717, 1.165) is 44.3 Å². The number of aromatic amines is 1. The molecular weight excluding hydrogens is 490 g/mol. The number of aromatic nitrogens is 2. The van der Waals surface area contributed by atoms with Crippen LogP contribution in [-0.2, 0) is 20.7 Å². The Morgan fingerprint density at radius 1 is 0.769 bits per heavy atom. The third-order valence-corrected chi connectivity index (χ3v) is 6.99. The van der Waals surface area contributed by atoms with E-state index in [2.05, 4.69) is 28.8 Å². The minimum Gasteiger partial charge on any atom is -0.461 e. The molecule has 0 aliphatic rings. The van der Waals surface area contributed by atoms with Crippen molar-refractivity contribution in [2.45, 2.75) is 142 Å². The first-order chi connectivity index (χ1) is 19.1. The topological polar surface area (TPSA) is 93.3 Å². The van der Waals surface area contributed by atoms with E-state index in [1.165, 1.54) is 89.9 Å². The van der Waals surface area contributed by atoms with Crippen LogP contribution in [0.3, 0.4) is 0 Å². The smallest absolute Gasteiger partial charge is 0.407 e. The van der Waals surface area contributed by atoms with Gasteiger partial charge in [-0.3, -0.25) is 4.79 Å². The fraction of sp³-hybridized carbons (Fsp3) is 0.781. The molecule has 1 rings (SSSR count). The van der Waals surface area contributed by atoms with Gasteiger partial charge in [0.2, 0.25) is 0 Å². The molecule has 0 spiro atoms. The first kappa shape index (κ1) is 34.7. The van der Waals surface area contributed by atoms with Gasteiger partial charge in [0.1, 0.15) is 19.0 Å². The van der Waals surface area contributed by atoms with Gasteiger partial charge in [0.05, 0.1) is 0 Å². The van der Waals surface area contributed by atoms with Gasteiger partial charge in [-0.05, 0) is 24.8 Å². The van der Waals surface area contributed by atoms with Crippen molar-refractivity contribution in [3.05, 3.63) is 30.4 Å². The summed E-state index contributed by atoms with van der Waals surface area (Å²) in [5.74, 6) is 0.727. The first-order valence-electron chi connectivity index (χ1n) is 15.8. The number of H-pyrrole nitrogens is 1. The van der Waals surface area contributed by atoms with E-state index < -0.39 is 6.09 Å². The van der Waals surface area contributed by atoms with Crippen molar-refractivity contribution in [1.29, 1.82) is 0 Å². The summed E-state index contributed by atoms with van der Waals surface area (Å²) >= 11 is 0. The van der Waals surface area contributed by atoms with Crippen molar-refractivity contribution >= 4 is 12.1 Å². The Bertz CT molecular complexity index is 721. The van der Waals surface area contributed by atoms with Gasteiger partial charge in [-0.25, -0.2) is 9.78 Å². The Kier molecular flexibility index (Phi) is 23.1. The number of hydrogen-bond donors (Lipinski definition) is 2. The van der Waals surface area contributed by atoms with Crippen LogP contribution in [0.15, 0.2) is 24.5 Å². The molecule has 0 saturated heterocycles. The number of alkyl carbamates (subject to hydrolysis) is 1. The number of imidazole rings is 1. The number of amides is 1. The molecule has 39 heavy (non-hydrogen) atoms. The Labute approximate surface area is 238 Å². The highest BCUT2D eigenvalue weighted by atomic mass is 16.6. The maximum absolute atomic E-state index is 11.9. The Morgan fingerprint density at radius 3 is 1.87 bits per heavy atom. The quantitative estimate of drug-likeness (QED) is 0.0653. The van der Waals surface area contributed by atoms with E-state index in [1.54, 1.807) is 6.20 Å². The summed E-state index contributed by atoms with van der Waals surface area (Å²) in [7, 11) is 0. The van der Waals surface area contributed by atoms with Crippen LogP contribution < -0.4 is 5.32 Å². The highest BCUT2D eigenvalue weighted by Crippen LogP contribution is 2.13. The number of carbonyl (C=O) groups is 2. The Hall–Kier alpha value is -2.31. The van der Waals surface area contributed by atoms with Gasteiger partial charge in [-0.15, -0.1) is 0 Å². The van der Waals surface area contributed by atoms with Gasteiger partial charge < -0.3 is 19.8 Å². The van der Waals surface area contributed by atoms with Gasteiger partial charge in [-0.1, -0.05) is 116 Å². The fourth-order valence-electron chi connectivity index (χ4n) is 4.55. The number of ether oxygens (including phenoxy) is 2. The van der Waals surface area contributed by atoms with Crippen LogP contribution in [0.4, 0.5) is 4.79 Å². The Morgan fingerprint density at radius 2 is 1.31 bits per heavy atom. The summed E-state index contributed by atoms with van der Waals surface area (Å²) in [6.07, 6.45) is 28.4. The van der Waals surface area contributed by atoms with Crippen molar-refractivity contribution in [3.8, 4) is 0 Å². The monoisotopic (exact) mass is 547 g/mol. The third kappa shape index (κ3) is 23.3. The van der Waals surface area contributed by atoms with Crippen LogP contribution in [0.25, 0.3) is 0 Å². The largest absolute Gasteiger partial charge is 0.461 e. The SMILES string of the molecule is C=C(COC(=O)CCCCCc1ncc[nH]1)COC(=O)NCCCCCCCCCCCCCCCCCC. The summed E-state index contributed by atoms with van der Waals surface area (Å²) in [5, 5.41) is 2.79. The van der Waals surface area contributed by atoms with Crippen molar-refractivity contribution in [2.75, 3.05) is 19.8 Å². The molecule has 0 atom stereocenters. The lowest BCUT2D eigenvalue weighted by molar-refractivity contribution is -0.142. The average molecular weight is 548 g/mol. The summed E-state index contributed by atoms with van der Waals surface area (Å²) < 4.78 is 10.4. The van der Waals surface area contributed by atoms with Crippen molar-refractivity contribution < 1.29 is 19.1 Å². The van der Waals surface area contributed by atoms with Crippen molar-refractivity contribution in [3.63, 3.8) is 0 Å². The van der Waals surface area contributed by atoms with Gasteiger partial charge in [-0.2, -0.15) is 0 Å². The molecule has 1 amide bonds. The molecule has 1 heterocycles. The van der Waals surface area contributed by atoms with Crippen LogP contribution in [0, 0.1) is 0 Å². The van der Waals surface area contributed by atoms with Crippen LogP contribution in [-0.4, -0.2) is 41.8 Å². The summed E-state index contributed by atoms with van der Waals surface area (Å²) in [6, 6.07) is 0. The molecule has 0 radical (unpaired) electrons. The fourth-order valence-corrected chi connectivity index (χ4v) is 4.55. The normalized spacial score (nSPS) is 10.9. The minimum absolute atomic E-state index is 0.0568. The van der Waals surface area contributed by atoms with Crippen LogP contribution in [0.1, 0.15) is 141 Å². The molecule has 224 valence electrons. The van der Waals surface area contributed by atoms with E-state index >= 15 is 0 Å². The number of esters is 1. The molecule has 7 nitrogen and oxygen atoms in total. The predicted octanol–water partition coefficient (Wildman–Crippen LogP) is 8.60. The lowest BCUT2D eigenvalue weighted by Gasteiger charge is -2.10. The lowest BCUT2D eigenvalue weighted by Crippen LogP contribution is -2.26. The average Bonchev–Trinajstić information content (AvgIpc) is 3.46. The maximum atomic E-state index is 11.9. The Balaban J connectivity index is 1.80. The highest BCUT2D eigenvalue weighted by Gasteiger charge is 2.07. The molecule has 0 aromatic carbocycles. The van der Waals surface area contributed by atoms with Crippen LogP contribution in [0.2, 0.25) is 0 Å². The zero-order chi connectivity index (χ0) is 28.2. The molecule has 0 unspecified atom stereocenters. The second kappa shape index (κ2) is 25.9. The summed E-state index contributed by atoms with van der Waals surface area (Å²) in [5.41, 5.74) is 0.568. The summed E-state index contributed by atoms with van der Waals surface area (Å²) in [4.78, 5) is 31.0. The number of aryl methyl sites for hydroxylation is 1.